The van der Waals surface area contributed by atoms with Crippen LogP contribution in [-0.4, -0.2) is 8.07 Å². The van der Waals surface area contributed by atoms with Crippen LogP contribution in [0.4, 0.5) is 0 Å². The van der Waals surface area contributed by atoms with E-state index in [-0.39, 0.29) is 25.5 Å². The normalized spacial score (nSPS) is 13.5. The van der Waals surface area contributed by atoms with E-state index in [1.165, 1.54) is 114 Å². The number of thiophene rings is 1. The van der Waals surface area contributed by atoms with Gasteiger partial charge < -0.3 is 9.13 Å². The first kappa shape index (κ1) is 47.2. The predicted molar refractivity (Wildman–Crippen MR) is 269 cm³/mol. The van der Waals surface area contributed by atoms with Crippen molar-refractivity contribution in [2.45, 2.75) is 119 Å². The second kappa shape index (κ2) is 18.5. The van der Waals surface area contributed by atoms with Gasteiger partial charge in [-0.1, -0.05) is 152 Å². The summed E-state index contributed by atoms with van der Waals surface area (Å²) in [6, 6.07) is 27.3. The van der Waals surface area contributed by atoms with E-state index < -0.39 is 8.07 Å². The second-order valence-corrected chi connectivity index (χ2v) is 26.4. The van der Waals surface area contributed by atoms with Crippen molar-refractivity contribution < 1.29 is 29.2 Å². The molecule has 8 rings (SSSR count). The fourth-order valence-corrected chi connectivity index (χ4v) is 12.8. The molecule has 4 aromatic carbocycles. The molecule has 0 atom stereocenters. The van der Waals surface area contributed by atoms with Gasteiger partial charge in [0.1, 0.15) is 0 Å². The molecule has 327 valence electrons. The number of aryl methyl sites for hydroxylation is 5. The molecule has 0 spiro atoms. The van der Waals surface area contributed by atoms with Gasteiger partial charge in [-0.3, -0.25) is 0 Å². The molecule has 0 unspecified atom stereocenters. The Bertz CT molecular complexity index is 2730. The molecule has 7 aromatic rings. The van der Waals surface area contributed by atoms with E-state index in [9.17, 15) is 0 Å². The first-order valence-corrected chi connectivity index (χ1v) is 26.6. The maximum absolute atomic E-state index is 4.41. The predicted octanol–water partition coefficient (Wildman–Crippen LogP) is 14.5. The Kier molecular flexibility index (Phi) is 14.1. The van der Waals surface area contributed by atoms with Crippen LogP contribution in [0.3, 0.4) is 0 Å². The number of hydrogen-bond acceptors (Lipinski definition) is 1. The Labute approximate surface area is 393 Å². The Balaban J connectivity index is 0.000000209. The molecule has 0 amide bonds. The van der Waals surface area contributed by atoms with Gasteiger partial charge in [-0.15, -0.1) is 45.7 Å². The summed E-state index contributed by atoms with van der Waals surface area (Å²) in [5.41, 5.74) is 19.0. The third-order valence-corrected chi connectivity index (χ3v) is 16.1. The average molecular weight is 1030 g/mol. The molecule has 0 N–H and O–H groups in total. The van der Waals surface area contributed by atoms with E-state index in [1.54, 1.807) is 10.8 Å². The van der Waals surface area contributed by atoms with Crippen molar-refractivity contribution >= 4 is 44.8 Å². The summed E-state index contributed by atoms with van der Waals surface area (Å²) in [4.78, 5) is 0. The van der Waals surface area contributed by atoms with Crippen molar-refractivity contribution in [3.05, 3.63) is 163 Å². The smallest absolute Gasteiger partial charge is 0.0709 e. The maximum Gasteiger partial charge on any atom is 0.0709 e. The van der Waals surface area contributed by atoms with E-state index in [0.717, 1.165) is 28.3 Å². The first-order chi connectivity index (χ1) is 28.7. The fourth-order valence-electron chi connectivity index (χ4n) is 9.94. The summed E-state index contributed by atoms with van der Waals surface area (Å²) in [5, 5.41) is 4.16. The molecular formula is C57H68IrN2SSi-2. The van der Waals surface area contributed by atoms with Crippen LogP contribution in [0.5, 0.6) is 0 Å². The Morgan fingerprint density at radius 3 is 1.89 bits per heavy atom. The third kappa shape index (κ3) is 9.93. The van der Waals surface area contributed by atoms with Crippen LogP contribution < -0.4 is 14.3 Å². The van der Waals surface area contributed by atoms with E-state index in [4.69, 9.17) is 0 Å². The van der Waals surface area contributed by atoms with Crippen molar-refractivity contribution in [2.75, 3.05) is 0 Å². The largest absolute Gasteiger partial charge is 0.343 e. The van der Waals surface area contributed by atoms with Gasteiger partial charge in [0.25, 0.3) is 0 Å². The van der Waals surface area contributed by atoms with Gasteiger partial charge in [-0.05, 0) is 87.5 Å². The number of rotatable bonds is 6. The molecule has 0 aliphatic heterocycles. The zero-order chi connectivity index (χ0) is 44.1. The SMILES string of the molecule is [CH2-]c1cc(C)cc(C)c1-c1cc(CC2CCCCC2)c([Si](C)(C)C)c[n+]1[CH2-].[CH2-]c1cc2sc3cc(-c4c(C)cc(C)cc4C)ccc3c2cc1-c1cc(C(C)(C)C)cc[n+]1[CH2-].[Ir]. The number of aromatic nitrogens is 2. The average Bonchev–Trinajstić information content (AvgIpc) is 3.51. The van der Waals surface area contributed by atoms with Gasteiger partial charge in [0, 0.05) is 38.9 Å². The number of nitrogens with zero attached hydrogens (tertiary/aromatic N) is 2. The molecule has 3 heterocycles. The van der Waals surface area contributed by atoms with E-state index >= 15 is 0 Å². The molecule has 1 aliphatic carbocycles. The van der Waals surface area contributed by atoms with Gasteiger partial charge in [0.2, 0.25) is 0 Å². The van der Waals surface area contributed by atoms with Crippen LogP contribution in [0.25, 0.3) is 53.8 Å². The van der Waals surface area contributed by atoms with Crippen LogP contribution in [0.2, 0.25) is 19.6 Å². The molecule has 5 heteroatoms. The van der Waals surface area contributed by atoms with Gasteiger partial charge in [0.15, 0.2) is 0 Å². The molecule has 2 nitrogen and oxygen atoms in total. The quantitative estimate of drug-likeness (QED) is 0.0891. The minimum atomic E-state index is -1.43. The minimum Gasteiger partial charge on any atom is -0.343 e. The van der Waals surface area contributed by atoms with Crippen molar-refractivity contribution in [2.24, 2.45) is 5.92 Å². The number of pyridine rings is 2. The molecule has 1 fully saturated rings. The molecular weight excluding hydrogens is 965 g/mol. The Morgan fingerprint density at radius 2 is 1.27 bits per heavy atom. The summed E-state index contributed by atoms with van der Waals surface area (Å²) in [6.07, 6.45) is 12.6. The molecule has 0 saturated heterocycles. The van der Waals surface area contributed by atoms with Gasteiger partial charge in [0.05, 0.1) is 31.9 Å². The molecule has 0 bridgehead atoms. The zero-order valence-corrected chi connectivity index (χ0v) is 43.6. The zero-order valence-electron chi connectivity index (χ0n) is 39.4. The Morgan fingerprint density at radius 1 is 0.661 bits per heavy atom. The topological polar surface area (TPSA) is 7.76 Å². The minimum absolute atomic E-state index is 0. The molecule has 1 aliphatic rings. The number of benzene rings is 4. The standard InChI is InChI=1S/C32H32NS.C25H36NSi.Ir/c1-19-13-21(3)31(22(4)14-19)23-9-10-25-27-18-26(20(2)15-29(27)34-30(25)16-23)28-17-24(32(5,6)7)11-12-33(28)8;1-18-13-19(2)25(20(3)14-18)23-16-22(15-21-11-9-8-10-12-21)24(17-26(23)4)27(5,6)7;/h9-18H,2,8H2,1,3-7H3;13-14,16-17,21H,2,4,8-12,15H2,1,3,5-7H3;/q2*-1;. The number of hydrogen-bond donors (Lipinski definition) is 0. The summed E-state index contributed by atoms with van der Waals surface area (Å²) < 4.78 is 6.65. The van der Waals surface area contributed by atoms with Crippen molar-refractivity contribution in [1.29, 1.82) is 0 Å². The van der Waals surface area contributed by atoms with Crippen molar-refractivity contribution in [3.8, 4) is 33.6 Å². The van der Waals surface area contributed by atoms with Crippen LogP contribution in [-0.2, 0) is 31.9 Å². The summed E-state index contributed by atoms with van der Waals surface area (Å²) in [7, 11) is 7.19. The summed E-state index contributed by atoms with van der Waals surface area (Å²) in [5.74, 6) is 0.848. The summed E-state index contributed by atoms with van der Waals surface area (Å²) >= 11 is 1.85. The molecule has 1 radical (unpaired) electrons. The fraction of sp³-hybridized carbons (Fsp3) is 0.333. The maximum atomic E-state index is 4.41. The second-order valence-electron chi connectivity index (χ2n) is 20.3. The molecule has 3 aromatic heterocycles. The van der Waals surface area contributed by atoms with E-state index in [1.807, 2.05) is 15.9 Å². The van der Waals surface area contributed by atoms with Crippen LogP contribution in [0.15, 0.2) is 85.2 Å². The third-order valence-electron chi connectivity index (χ3n) is 13.0. The molecule has 1 saturated carbocycles. The van der Waals surface area contributed by atoms with E-state index in [2.05, 4.69) is 193 Å². The van der Waals surface area contributed by atoms with Crippen molar-refractivity contribution in [1.82, 2.24) is 0 Å². The first-order valence-electron chi connectivity index (χ1n) is 22.3. The van der Waals surface area contributed by atoms with Crippen LogP contribution in [0.1, 0.15) is 103 Å². The summed E-state index contributed by atoms with van der Waals surface area (Å²) in [6.45, 7) is 33.8. The Hall–Kier alpha value is -4.25. The van der Waals surface area contributed by atoms with Crippen LogP contribution >= 0.6 is 11.3 Å². The van der Waals surface area contributed by atoms with E-state index in [0.29, 0.717) is 0 Å². The molecule has 62 heavy (non-hydrogen) atoms. The van der Waals surface area contributed by atoms with Gasteiger partial charge in [-0.25, -0.2) is 0 Å². The number of fused-ring (bicyclic) bond motifs is 3. The van der Waals surface area contributed by atoms with Crippen molar-refractivity contribution in [3.63, 3.8) is 0 Å². The van der Waals surface area contributed by atoms with Gasteiger partial charge in [-0.2, -0.15) is 31.0 Å². The van der Waals surface area contributed by atoms with Crippen LogP contribution in [0, 0.1) is 68.5 Å². The monoisotopic (exact) mass is 1030 g/mol. The van der Waals surface area contributed by atoms with Gasteiger partial charge >= 0.3 is 0 Å².